The first-order valence-electron chi connectivity index (χ1n) is 13.4. The number of benzene rings is 2. The average Bonchev–Trinajstić information content (AvgIpc) is 3.44. The van der Waals surface area contributed by atoms with Crippen molar-refractivity contribution in [2.45, 2.75) is 51.9 Å². The van der Waals surface area contributed by atoms with Crippen LogP contribution >= 0.6 is 0 Å². The Balaban J connectivity index is 1.23. The van der Waals surface area contributed by atoms with Gasteiger partial charge in [-0.05, 0) is 84.7 Å². The van der Waals surface area contributed by atoms with E-state index in [4.69, 9.17) is 4.74 Å². The van der Waals surface area contributed by atoms with E-state index in [1.54, 1.807) is 18.3 Å². The number of nitrogens with zero attached hydrogens (tertiary/aromatic N) is 1. The van der Waals surface area contributed by atoms with Crippen molar-refractivity contribution in [3.05, 3.63) is 77.5 Å². The van der Waals surface area contributed by atoms with Crippen LogP contribution < -0.4 is 20.7 Å². The van der Waals surface area contributed by atoms with Crippen LogP contribution in [0.3, 0.4) is 0 Å². The largest absolute Gasteiger partial charge is 0.457 e. The van der Waals surface area contributed by atoms with E-state index in [1.807, 2.05) is 24.3 Å². The highest BCUT2D eigenvalue weighted by molar-refractivity contribution is 5.93. The molecule has 0 radical (unpaired) electrons. The predicted octanol–water partition coefficient (Wildman–Crippen LogP) is 5.46. The molecule has 0 bridgehead atoms. The summed E-state index contributed by atoms with van der Waals surface area (Å²) in [6.45, 7) is 8.06. The Morgan fingerprint density at radius 1 is 0.921 bits per heavy atom. The summed E-state index contributed by atoms with van der Waals surface area (Å²) < 4.78 is 6.12. The molecular weight excluding hydrogens is 476 g/mol. The molecular formula is C31H36N4O3. The van der Waals surface area contributed by atoms with Crippen molar-refractivity contribution >= 4 is 23.3 Å². The maximum absolute atomic E-state index is 13.1. The summed E-state index contributed by atoms with van der Waals surface area (Å²) in [6, 6.07) is 17.7. The van der Waals surface area contributed by atoms with E-state index < -0.39 is 0 Å². The van der Waals surface area contributed by atoms with E-state index in [1.165, 1.54) is 11.1 Å². The summed E-state index contributed by atoms with van der Waals surface area (Å²) in [5.74, 6) is 1.68. The van der Waals surface area contributed by atoms with Crippen LogP contribution in [0.1, 0.15) is 50.3 Å². The van der Waals surface area contributed by atoms with Crippen LogP contribution in [0, 0.1) is 11.8 Å². The normalized spacial score (nSPS) is 18.9. The fourth-order valence-corrected chi connectivity index (χ4v) is 5.11. The van der Waals surface area contributed by atoms with Crippen molar-refractivity contribution in [3.8, 4) is 11.5 Å². The number of fused-ring (bicyclic) bond motifs is 1. The van der Waals surface area contributed by atoms with Crippen LogP contribution in [0.4, 0.5) is 11.5 Å². The summed E-state index contributed by atoms with van der Waals surface area (Å²) >= 11 is 0. The Morgan fingerprint density at radius 2 is 1.74 bits per heavy atom. The van der Waals surface area contributed by atoms with Gasteiger partial charge in [0, 0.05) is 30.4 Å². The molecule has 1 aliphatic heterocycles. The number of hydrogen-bond acceptors (Lipinski definition) is 5. The Morgan fingerprint density at radius 3 is 2.53 bits per heavy atom. The van der Waals surface area contributed by atoms with Crippen LogP contribution in [0.5, 0.6) is 11.5 Å². The van der Waals surface area contributed by atoms with Crippen LogP contribution in [0.15, 0.2) is 60.8 Å². The summed E-state index contributed by atoms with van der Waals surface area (Å²) in [6.07, 6.45) is 4.81. The molecule has 2 aliphatic rings. The van der Waals surface area contributed by atoms with E-state index >= 15 is 0 Å². The fraction of sp³-hybridized carbons (Fsp3) is 0.387. The second kappa shape index (κ2) is 11.0. The highest BCUT2D eigenvalue weighted by Gasteiger charge is 2.26. The van der Waals surface area contributed by atoms with Gasteiger partial charge in [0.25, 0.3) is 0 Å². The molecule has 0 spiro atoms. The van der Waals surface area contributed by atoms with Crippen molar-refractivity contribution in [2.24, 2.45) is 11.8 Å². The molecule has 198 valence electrons. The molecule has 1 fully saturated rings. The number of pyridine rings is 1. The molecule has 0 saturated carbocycles. The Kier molecular flexibility index (Phi) is 7.47. The third kappa shape index (κ3) is 6.22. The number of aromatic nitrogens is 1. The van der Waals surface area contributed by atoms with Crippen LogP contribution in [0.25, 0.3) is 0 Å². The molecule has 2 amide bonds. The van der Waals surface area contributed by atoms with Crippen molar-refractivity contribution in [3.63, 3.8) is 0 Å². The molecule has 38 heavy (non-hydrogen) atoms. The number of aryl methyl sites for hydroxylation is 1. The molecule has 7 heteroatoms. The molecule has 1 unspecified atom stereocenters. The maximum Gasteiger partial charge on any atom is 0.229 e. The highest BCUT2D eigenvalue weighted by atomic mass is 16.5. The van der Waals surface area contributed by atoms with E-state index in [0.717, 1.165) is 37.1 Å². The summed E-state index contributed by atoms with van der Waals surface area (Å²) in [5, 5.41) is 9.24. The van der Waals surface area contributed by atoms with Gasteiger partial charge in [0.1, 0.15) is 17.3 Å². The van der Waals surface area contributed by atoms with Gasteiger partial charge in [0.05, 0.1) is 5.92 Å². The van der Waals surface area contributed by atoms with Gasteiger partial charge < -0.3 is 20.7 Å². The molecule has 3 aromatic rings. The lowest BCUT2D eigenvalue weighted by atomic mass is 9.83. The van der Waals surface area contributed by atoms with Gasteiger partial charge in [0.2, 0.25) is 11.8 Å². The molecule has 2 heterocycles. The molecule has 2 aromatic carbocycles. The molecule has 5 rings (SSSR count). The predicted molar refractivity (Wildman–Crippen MR) is 150 cm³/mol. The van der Waals surface area contributed by atoms with Crippen molar-refractivity contribution < 1.29 is 14.3 Å². The number of hydrogen-bond donors (Lipinski definition) is 3. The minimum Gasteiger partial charge on any atom is -0.457 e. The van der Waals surface area contributed by atoms with Crippen molar-refractivity contribution in [2.75, 3.05) is 23.7 Å². The quantitative estimate of drug-likeness (QED) is 0.408. The van der Waals surface area contributed by atoms with Gasteiger partial charge in [0.15, 0.2) is 0 Å². The molecule has 3 N–H and O–H groups in total. The first-order chi connectivity index (χ1) is 18.2. The third-order valence-electron chi connectivity index (χ3n) is 7.42. The molecule has 1 saturated heterocycles. The minimum atomic E-state index is -0.0936. The fourth-order valence-electron chi connectivity index (χ4n) is 5.11. The van der Waals surface area contributed by atoms with Gasteiger partial charge in [-0.1, -0.05) is 39.0 Å². The second-order valence-electron chi connectivity index (χ2n) is 11.3. The first kappa shape index (κ1) is 25.9. The third-order valence-corrected chi connectivity index (χ3v) is 7.42. The second-order valence-corrected chi connectivity index (χ2v) is 11.3. The monoisotopic (exact) mass is 512 g/mol. The number of rotatable bonds is 6. The smallest absolute Gasteiger partial charge is 0.229 e. The number of carbonyl (C=O) groups is 2. The summed E-state index contributed by atoms with van der Waals surface area (Å²) in [4.78, 5) is 29.9. The molecule has 1 aliphatic carbocycles. The Bertz CT molecular complexity index is 1320. The zero-order valence-corrected chi connectivity index (χ0v) is 22.3. The maximum atomic E-state index is 13.1. The van der Waals surface area contributed by atoms with Gasteiger partial charge in [-0.25, -0.2) is 4.98 Å². The average molecular weight is 513 g/mol. The summed E-state index contributed by atoms with van der Waals surface area (Å²) in [5.41, 5.74) is 4.45. The Hall–Kier alpha value is -3.71. The lowest BCUT2D eigenvalue weighted by molar-refractivity contribution is -0.120. The van der Waals surface area contributed by atoms with Crippen LogP contribution in [-0.4, -0.2) is 29.9 Å². The highest BCUT2D eigenvalue weighted by Crippen LogP contribution is 2.32. The van der Waals surface area contributed by atoms with Crippen molar-refractivity contribution in [1.29, 1.82) is 0 Å². The van der Waals surface area contributed by atoms with Gasteiger partial charge in [-0.3, -0.25) is 9.59 Å². The SMILES string of the molecule is CC(C)(C)c1cccc(NC(=O)C2CCc3ccc(Oc4ccnc(NC(=O)[C@@H]5CCNC5)c4)cc3C2)c1. The van der Waals surface area contributed by atoms with E-state index in [2.05, 4.69) is 59.9 Å². The Labute approximate surface area is 224 Å². The van der Waals surface area contributed by atoms with E-state index in [-0.39, 0.29) is 29.1 Å². The lowest BCUT2D eigenvalue weighted by Gasteiger charge is -2.25. The number of amides is 2. The van der Waals surface area contributed by atoms with Crippen molar-refractivity contribution in [1.82, 2.24) is 10.3 Å². The zero-order valence-electron chi connectivity index (χ0n) is 22.3. The number of nitrogens with one attached hydrogen (secondary N) is 3. The topological polar surface area (TPSA) is 92.3 Å². The van der Waals surface area contributed by atoms with Crippen LogP contribution in [0.2, 0.25) is 0 Å². The molecule has 2 atom stereocenters. The molecule has 1 aromatic heterocycles. The standard InChI is InChI=1S/C31H36N4O3/c1-31(2,3)24-5-4-6-25(17-24)34-29(36)21-8-7-20-9-10-26(16-23(20)15-21)38-27-12-14-33-28(18-27)35-30(37)22-11-13-32-19-22/h4-6,9-10,12,14,16-18,21-22,32H,7-8,11,13,15,19H2,1-3H3,(H,34,36)(H,33,35,37)/t21?,22-/m1/s1. The minimum absolute atomic E-state index is 0.0233. The number of carbonyl (C=O) groups excluding carboxylic acids is 2. The van der Waals surface area contributed by atoms with Gasteiger partial charge in [-0.2, -0.15) is 0 Å². The van der Waals surface area contributed by atoms with Gasteiger partial charge in [-0.15, -0.1) is 0 Å². The number of ether oxygens (including phenoxy) is 1. The van der Waals surface area contributed by atoms with E-state index in [0.29, 0.717) is 30.3 Å². The zero-order chi connectivity index (χ0) is 26.7. The lowest BCUT2D eigenvalue weighted by Crippen LogP contribution is -2.28. The number of anilines is 2. The van der Waals surface area contributed by atoms with Crippen LogP contribution in [-0.2, 0) is 27.8 Å². The van der Waals surface area contributed by atoms with Gasteiger partial charge >= 0.3 is 0 Å². The van der Waals surface area contributed by atoms with E-state index in [9.17, 15) is 9.59 Å². The molecule has 7 nitrogen and oxygen atoms in total. The summed E-state index contributed by atoms with van der Waals surface area (Å²) in [7, 11) is 0. The first-order valence-corrected chi connectivity index (χ1v) is 13.4.